The molecule has 0 aromatic heterocycles. The molecule has 2 rings (SSSR count). The predicted octanol–water partition coefficient (Wildman–Crippen LogP) is 2.11. The van der Waals surface area contributed by atoms with Crippen molar-refractivity contribution in [2.75, 3.05) is 26.7 Å². The van der Waals surface area contributed by atoms with E-state index in [1.165, 1.54) is 45.2 Å². The highest BCUT2D eigenvalue weighted by atomic mass is 15.2. The Morgan fingerprint density at radius 1 is 1.13 bits per heavy atom. The van der Waals surface area contributed by atoms with Gasteiger partial charge in [0.1, 0.15) is 0 Å². The van der Waals surface area contributed by atoms with E-state index in [-0.39, 0.29) is 0 Å². The maximum atomic E-state index is 3.34. The summed E-state index contributed by atoms with van der Waals surface area (Å²) in [4.78, 5) is 2.77. The van der Waals surface area contributed by atoms with E-state index >= 15 is 0 Å². The molecule has 1 unspecified atom stereocenters. The topological polar surface area (TPSA) is 15.3 Å². The van der Waals surface area contributed by atoms with E-state index in [1.807, 2.05) is 0 Å². The average molecular weight is 210 g/mol. The van der Waals surface area contributed by atoms with Gasteiger partial charge < -0.3 is 5.32 Å². The van der Waals surface area contributed by atoms with Crippen LogP contribution in [0.5, 0.6) is 0 Å². The van der Waals surface area contributed by atoms with E-state index in [0.717, 1.165) is 24.4 Å². The number of hydrogen-bond donors (Lipinski definition) is 1. The lowest BCUT2D eigenvalue weighted by atomic mass is 10.1. The van der Waals surface area contributed by atoms with Crippen molar-refractivity contribution in [2.24, 2.45) is 11.8 Å². The smallest absolute Gasteiger partial charge is 0.0218 e. The zero-order valence-electron chi connectivity index (χ0n) is 10.3. The molecule has 1 N–H and O–H groups in total. The zero-order chi connectivity index (χ0) is 10.7. The second kappa shape index (κ2) is 5.31. The van der Waals surface area contributed by atoms with Crippen molar-refractivity contribution in [3.05, 3.63) is 0 Å². The Bertz CT molecular complexity index is 171. The van der Waals surface area contributed by atoms with Crippen molar-refractivity contribution in [1.82, 2.24) is 10.2 Å². The molecule has 0 aliphatic heterocycles. The van der Waals surface area contributed by atoms with Crippen molar-refractivity contribution in [1.29, 1.82) is 0 Å². The standard InChI is InChI=1S/C13H26N2/c1-3-13(8-14-2)15(9-11-4-5-11)10-12-6-7-12/h11-14H,3-10H2,1-2H3. The lowest BCUT2D eigenvalue weighted by molar-refractivity contribution is 0.173. The minimum absolute atomic E-state index is 0.774. The molecule has 0 aromatic rings. The Labute approximate surface area is 94.4 Å². The lowest BCUT2D eigenvalue weighted by Gasteiger charge is -2.31. The summed E-state index contributed by atoms with van der Waals surface area (Å²) in [5, 5.41) is 3.34. The van der Waals surface area contributed by atoms with Gasteiger partial charge in [-0.15, -0.1) is 0 Å². The third kappa shape index (κ3) is 3.76. The Balaban J connectivity index is 1.81. The van der Waals surface area contributed by atoms with Gasteiger partial charge in [0.15, 0.2) is 0 Å². The molecule has 0 radical (unpaired) electrons. The van der Waals surface area contributed by atoms with E-state index in [1.54, 1.807) is 0 Å². The van der Waals surface area contributed by atoms with Gasteiger partial charge in [-0.1, -0.05) is 6.92 Å². The molecule has 2 aliphatic rings. The van der Waals surface area contributed by atoms with Gasteiger partial charge in [-0.2, -0.15) is 0 Å². The van der Waals surface area contributed by atoms with Crippen LogP contribution in [0.2, 0.25) is 0 Å². The van der Waals surface area contributed by atoms with Crippen LogP contribution in [0.4, 0.5) is 0 Å². The highest BCUT2D eigenvalue weighted by Gasteiger charge is 2.31. The highest BCUT2D eigenvalue weighted by molar-refractivity contribution is 4.85. The minimum atomic E-state index is 0.774. The normalized spacial score (nSPS) is 23.4. The molecule has 2 aliphatic carbocycles. The highest BCUT2D eigenvalue weighted by Crippen LogP contribution is 2.34. The second-order valence-electron chi connectivity index (χ2n) is 5.46. The number of hydrogen-bond acceptors (Lipinski definition) is 2. The molecule has 1 atom stereocenters. The van der Waals surface area contributed by atoms with E-state index in [2.05, 4.69) is 24.2 Å². The fraction of sp³-hybridized carbons (Fsp3) is 1.00. The molecule has 2 heteroatoms. The van der Waals surface area contributed by atoms with Crippen LogP contribution in [0.15, 0.2) is 0 Å². The van der Waals surface area contributed by atoms with Crippen LogP contribution in [0.25, 0.3) is 0 Å². The van der Waals surface area contributed by atoms with E-state index in [4.69, 9.17) is 0 Å². The first-order valence-corrected chi connectivity index (χ1v) is 6.72. The molecule has 0 amide bonds. The van der Waals surface area contributed by atoms with E-state index in [9.17, 15) is 0 Å². The van der Waals surface area contributed by atoms with Gasteiger partial charge in [-0.25, -0.2) is 0 Å². The van der Waals surface area contributed by atoms with Crippen LogP contribution in [-0.2, 0) is 0 Å². The monoisotopic (exact) mass is 210 g/mol. The Hall–Kier alpha value is -0.0800. The van der Waals surface area contributed by atoms with Crippen molar-refractivity contribution in [3.63, 3.8) is 0 Å². The maximum absolute atomic E-state index is 3.34. The summed E-state index contributed by atoms with van der Waals surface area (Å²) in [6.45, 7) is 6.23. The summed E-state index contributed by atoms with van der Waals surface area (Å²) in [5.41, 5.74) is 0. The van der Waals surface area contributed by atoms with Crippen molar-refractivity contribution < 1.29 is 0 Å². The fourth-order valence-corrected chi connectivity index (χ4v) is 2.40. The summed E-state index contributed by atoms with van der Waals surface area (Å²) in [5.74, 6) is 2.07. The molecule has 2 fully saturated rings. The van der Waals surface area contributed by atoms with E-state index in [0.29, 0.717) is 0 Å². The maximum Gasteiger partial charge on any atom is 0.0218 e. The third-order valence-electron chi connectivity index (χ3n) is 3.81. The quantitative estimate of drug-likeness (QED) is 0.660. The van der Waals surface area contributed by atoms with Crippen LogP contribution in [0.3, 0.4) is 0 Å². The number of nitrogens with one attached hydrogen (secondary N) is 1. The molecule has 0 bridgehead atoms. The predicted molar refractivity (Wildman–Crippen MR) is 65.0 cm³/mol. The summed E-state index contributed by atoms with van der Waals surface area (Å²) in [7, 11) is 2.08. The number of rotatable bonds is 8. The van der Waals surface area contributed by atoms with Gasteiger partial charge in [0.2, 0.25) is 0 Å². The van der Waals surface area contributed by atoms with Gasteiger partial charge in [0.05, 0.1) is 0 Å². The fourth-order valence-electron chi connectivity index (χ4n) is 2.40. The molecule has 0 aromatic carbocycles. The van der Waals surface area contributed by atoms with E-state index < -0.39 is 0 Å². The molecular weight excluding hydrogens is 184 g/mol. The van der Waals surface area contributed by atoms with Crippen molar-refractivity contribution >= 4 is 0 Å². The lowest BCUT2D eigenvalue weighted by Crippen LogP contribution is -2.43. The summed E-state index contributed by atoms with van der Waals surface area (Å²) in [6, 6.07) is 0.774. The molecular formula is C13H26N2. The van der Waals surface area contributed by atoms with Crippen molar-refractivity contribution in [2.45, 2.75) is 45.1 Å². The molecule has 15 heavy (non-hydrogen) atoms. The van der Waals surface area contributed by atoms with Gasteiger partial charge in [-0.05, 0) is 51.0 Å². The largest absolute Gasteiger partial charge is 0.318 e. The van der Waals surface area contributed by atoms with Crippen LogP contribution >= 0.6 is 0 Å². The molecule has 0 spiro atoms. The molecule has 0 saturated heterocycles. The first-order chi connectivity index (χ1) is 7.33. The number of nitrogens with zero attached hydrogens (tertiary/aromatic N) is 1. The SMILES string of the molecule is CCC(CNC)N(CC1CC1)CC1CC1. The summed E-state index contributed by atoms with van der Waals surface area (Å²) >= 11 is 0. The number of likely N-dealkylation sites (N-methyl/N-ethyl adjacent to an activating group) is 1. The average Bonchev–Trinajstić information content (AvgIpc) is 3.07. The molecule has 0 heterocycles. The first kappa shape index (κ1) is 11.4. The van der Waals surface area contributed by atoms with Gasteiger partial charge in [0, 0.05) is 25.7 Å². The second-order valence-corrected chi connectivity index (χ2v) is 5.46. The Kier molecular flexibility index (Phi) is 4.04. The zero-order valence-corrected chi connectivity index (χ0v) is 10.3. The van der Waals surface area contributed by atoms with Gasteiger partial charge in [0.25, 0.3) is 0 Å². The summed E-state index contributed by atoms with van der Waals surface area (Å²) < 4.78 is 0. The van der Waals surface area contributed by atoms with Crippen molar-refractivity contribution in [3.8, 4) is 0 Å². The molecule has 2 saturated carbocycles. The van der Waals surface area contributed by atoms with Crippen LogP contribution < -0.4 is 5.32 Å². The van der Waals surface area contributed by atoms with Gasteiger partial charge in [-0.3, -0.25) is 4.90 Å². The van der Waals surface area contributed by atoms with Crippen LogP contribution in [-0.4, -0.2) is 37.6 Å². The first-order valence-electron chi connectivity index (χ1n) is 6.72. The Morgan fingerprint density at radius 2 is 1.67 bits per heavy atom. The van der Waals surface area contributed by atoms with Crippen LogP contribution in [0, 0.1) is 11.8 Å². The van der Waals surface area contributed by atoms with Gasteiger partial charge >= 0.3 is 0 Å². The summed E-state index contributed by atoms with van der Waals surface area (Å²) in [6.07, 6.45) is 7.23. The molecule has 2 nitrogen and oxygen atoms in total. The Morgan fingerprint density at radius 3 is 2.00 bits per heavy atom. The third-order valence-corrected chi connectivity index (χ3v) is 3.81. The minimum Gasteiger partial charge on any atom is -0.318 e. The molecule has 88 valence electrons. The van der Waals surface area contributed by atoms with Crippen LogP contribution in [0.1, 0.15) is 39.0 Å².